The largest absolute Gasteiger partial charge is 0.465 e. The molecular weight excluding hydrogens is 238 g/mol. The summed E-state index contributed by atoms with van der Waals surface area (Å²) < 4.78 is 4.90. The van der Waals surface area contributed by atoms with Gasteiger partial charge in [-0.3, -0.25) is 0 Å². The third-order valence-electron chi connectivity index (χ3n) is 3.12. The maximum Gasteiger partial charge on any atom is 0.340 e. The van der Waals surface area contributed by atoms with E-state index in [0.29, 0.717) is 5.56 Å². The summed E-state index contributed by atoms with van der Waals surface area (Å²) in [4.78, 5) is 15.3. The number of H-pyrrole nitrogens is 1. The van der Waals surface area contributed by atoms with Gasteiger partial charge in [-0.15, -0.1) is 0 Å². The van der Waals surface area contributed by atoms with Gasteiger partial charge in [-0.1, -0.05) is 29.8 Å². The molecule has 1 heterocycles. The van der Waals surface area contributed by atoms with Crippen LogP contribution in [0.2, 0.25) is 0 Å². The number of allylic oxidation sites excluding steroid dienone is 2. The number of aromatic nitrogens is 1. The number of hydrogen-bond donors (Lipinski definition) is 1. The number of nitrogens with one attached hydrogen (secondary N) is 1. The summed E-state index contributed by atoms with van der Waals surface area (Å²) >= 11 is 0. The van der Waals surface area contributed by atoms with Crippen molar-refractivity contribution in [1.29, 1.82) is 0 Å². The minimum atomic E-state index is -0.273. The maximum atomic E-state index is 11.9. The molecule has 100 valence electrons. The molecule has 0 amide bonds. The fraction of sp³-hybridized carbons (Fsp3) is 0.312. The molecule has 1 aromatic carbocycles. The van der Waals surface area contributed by atoms with Gasteiger partial charge in [-0.2, -0.15) is 0 Å². The third kappa shape index (κ3) is 2.87. The highest BCUT2D eigenvalue weighted by Crippen LogP contribution is 2.24. The van der Waals surface area contributed by atoms with Gasteiger partial charge in [0.15, 0.2) is 0 Å². The van der Waals surface area contributed by atoms with Crippen molar-refractivity contribution in [2.45, 2.75) is 26.7 Å². The summed E-state index contributed by atoms with van der Waals surface area (Å²) in [7, 11) is 1.42. The average Bonchev–Trinajstić information content (AvgIpc) is 2.75. The van der Waals surface area contributed by atoms with Crippen LogP contribution in [0.25, 0.3) is 10.9 Å². The monoisotopic (exact) mass is 257 g/mol. The summed E-state index contributed by atoms with van der Waals surface area (Å²) in [5.41, 5.74) is 3.89. The Kier molecular flexibility index (Phi) is 4.05. The van der Waals surface area contributed by atoms with Crippen LogP contribution in [-0.2, 0) is 11.2 Å². The van der Waals surface area contributed by atoms with Crippen LogP contribution in [0.1, 0.15) is 36.3 Å². The van der Waals surface area contributed by atoms with Crippen LogP contribution in [0, 0.1) is 0 Å². The van der Waals surface area contributed by atoms with E-state index in [0.717, 1.165) is 29.4 Å². The van der Waals surface area contributed by atoms with Crippen molar-refractivity contribution < 1.29 is 9.53 Å². The lowest BCUT2D eigenvalue weighted by molar-refractivity contribution is 0.0602. The molecule has 0 aliphatic carbocycles. The van der Waals surface area contributed by atoms with Crippen molar-refractivity contribution in [2.75, 3.05) is 7.11 Å². The molecule has 0 aliphatic heterocycles. The standard InChI is InChI=1S/C16H19NO2/c1-11(2)7-6-10-14-15(16(18)19-3)12-8-4-5-9-13(12)17-14/h4-5,7-9,17H,6,10H2,1-3H3. The van der Waals surface area contributed by atoms with Crippen LogP contribution in [0.5, 0.6) is 0 Å². The van der Waals surface area contributed by atoms with Crippen molar-refractivity contribution in [2.24, 2.45) is 0 Å². The topological polar surface area (TPSA) is 42.1 Å². The van der Waals surface area contributed by atoms with Crippen molar-refractivity contribution in [3.8, 4) is 0 Å². The van der Waals surface area contributed by atoms with E-state index < -0.39 is 0 Å². The Morgan fingerprint density at radius 3 is 2.74 bits per heavy atom. The second kappa shape index (κ2) is 5.74. The van der Waals surface area contributed by atoms with E-state index >= 15 is 0 Å². The molecule has 0 saturated heterocycles. The summed E-state index contributed by atoms with van der Waals surface area (Å²) in [6.07, 6.45) is 3.90. The summed E-state index contributed by atoms with van der Waals surface area (Å²) in [6.45, 7) is 4.15. The number of carbonyl (C=O) groups excluding carboxylic acids is 1. The molecule has 3 heteroatoms. The number of aromatic amines is 1. The Balaban J connectivity index is 2.41. The number of carbonyl (C=O) groups is 1. The quantitative estimate of drug-likeness (QED) is 0.667. The number of rotatable bonds is 4. The number of ether oxygens (including phenoxy) is 1. The van der Waals surface area contributed by atoms with Gasteiger partial charge in [0.2, 0.25) is 0 Å². The molecule has 0 unspecified atom stereocenters. The normalized spacial score (nSPS) is 10.5. The minimum Gasteiger partial charge on any atom is -0.465 e. The van der Waals surface area contributed by atoms with Crippen molar-refractivity contribution >= 4 is 16.9 Å². The van der Waals surface area contributed by atoms with E-state index in [-0.39, 0.29) is 5.97 Å². The van der Waals surface area contributed by atoms with Gasteiger partial charge in [0.25, 0.3) is 0 Å². The molecule has 1 aromatic heterocycles. The van der Waals surface area contributed by atoms with Crippen molar-refractivity contribution in [3.05, 3.63) is 47.2 Å². The van der Waals surface area contributed by atoms with Crippen molar-refractivity contribution in [1.82, 2.24) is 4.98 Å². The Hall–Kier alpha value is -2.03. The van der Waals surface area contributed by atoms with Gasteiger partial charge < -0.3 is 9.72 Å². The molecule has 0 radical (unpaired) electrons. The van der Waals surface area contributed by atoms with E-state index in [1.165, 1.54) is 12.7 Å². The van der Waals surface area contributed by atoms with Crippen LogP contribution in [0.4, 0.5) is 0 Å². The number of aryl methyl sites for hydroxylation is 1. The van der Waals surface area contributed by atoms with Gasteiger partial charge >= 0.3 is 5.97 Å². The minimum absolute atomic E-state index is 0.273. The highest BCUT2D eigenvalue weighted by molar-refractivity contribution is 6.05. The van der Waals surface area contributed by atoms with Gasteiger partial charge in [0.05, 0.1) is 12.7 Å². The van der Waals surface area contributed by atoms with Crippen molar-refractivity contribution in [3.63, 3.8) is 0 Å². The van der Waals surface area contributed by atoms with E-state index in [9.17, 15) is 4.79 Å². The molecule has 2 aromatic rings. The maximum absolute atomic E-state index is 11.9. The zero-order valence-electron chi connectivity index (χ0n) is 11.6. The molecule has 0 bridgehead atoms. The van der Waals surface area contributed by atoms with Crippen LogP contribution in [0.15, 0.2) is 35.9 Å². The number of para-hydroxylation sites is 1. The fourth-order valence-electron chi connectivity index (χ4n) is 2.23. The predicted octanol–water partition coefficient (Wildman–Crippen LogP) is 3.85. The first-order valence-electron chi connectivity index (χ1n) is 6.44. The molecule has 3 nitrogen and oxygen atoms in total. The van der Waals surface area contributed by atoms with E-state index in [1.54, 1.807) is 0 Å². The predicted molar refractivity (Wildman–Crippen MR) is 77.4 cm³/mol. The number of benzene rings is 1. The van der Waals surface area contributed by atoms with Gasteiger partial charge in [-0.25, -0.2) is 4.79 Å². The van der Waals surface area contributed by atoms with E-state index in [1.807, 2.05) is 24.3 Å². The zero-order valence-corrected chi connectivity index (χ0v) is 11.6. The summed E-state index contributed by atoms with van der Waals surface area (Å²) in [5.74, 6) is -0.273. The lowest BCUT2D eigenvalue weighted by Gasteiger charge is -2.02. The molecule has 0 aliphatic rings. The lowest BCUT2D eigenvalue weighted by Crippen LogP contribution is -2.04. The highest BCUT2D eigenvalue weighted by Gasteiger charge is 2.17. The second-order valence-corrected chi connectivity index (χ2v) is 4.84. The number of esters is 1. The third-order valence-corrected chi connectivity index (χ3v) is 3.12. The van der Waals surface area contributed by atoms with E-state index in [4.69, 9.17) is 4.74 Å². The number of hydrogen-bond acceptors (Lipinski definition) is 2. The van der Waals surface area contributed by atoms with Gasteiger partial charge in [0.1, 0.15) is 0 Å². The van der Waals surface area contributed by atoms with Crippen LogP contribution < -0.4 is 0 Å². The smallest absolute Gasteiger partial charge is 0.340 e. The van der Waals surface area contributed by atoms with Gasteiger partial charge in [-0.05, 0) is 32.8 Å². The fourth-order valence-corrected chi connectivity index (χ4v) is 2.23. The average molecular weight is 257 g/mol. The van der Waals surface area contributed by atoms with Gasteiger partial charge in [0, 0.05) is 16.6 Å². The first-order valence-corrected chi connectivity index (χ1v) is 6.44. The van der Waals surface area contributed by atoms with Crippen LogP contribution in [0.3, 0.4) is 0 Å². The lowest BCUT2D eigenvalue weighted by atomic mass is 10.1. The zero-order chi connectivity index (χ0) is 13.8. The Labute approximate surface area is 113 Å². The summed E-state index contributed by atoms with van der Waals surface area (Å²) in [6, 6.07) is 7.82. The van der Waals surface area contributed by atoms with Crippen LogP contribution in [-0.4, -0.2) is 18.1 Å². The SMILES string of the molecule is COC(=O)c1c(CCC=C(C)C)[nH]c2ccccc12. The Morgan fingerprint density at radius 2 is 2.05 bits per heavy atom. The molecule has 0 saturated carbocycles. The molecule has 0 atom stereocenters. The molecule has 2 rings (SSSR count). The molecule has 0 spiro atoms. The molecule has 19 heavy (non-hydrogen) atoms. The number of fused-ring (bicyclic) bond motifs is 1. The molecule has 1 N–H and O–H groups in total. The second-order valence-electron chi connectivity index (χ2n) is 4.84. The number of methoxy groups -OCH3 is 1. The first kappa shape index (κ1) is 13.4. The molecule has 0 fully saturated rings. The molecular formula is C16H19NO2. The summed E-state index contributed by atoms with van der Waals surface area (Å²) in [5, 5.41) is 0.932. The Morgan fingerprint density at radius 1 is 1.32 bits per heavy atom. The Bertz CT molecular complexity index is 619. The van der Waals surface area contributed by atoms with Crippen LogP contribution >= 0.6 is 0 Å². The highest BCUT2D eigenvalue weighted by atomic mass is 16.5. The van der Waals surface area contributed by atoms with E-state index in [2.05, 4.69) is 24.9 Å². The first-order chi connectivity index (χ1) is 9.13.